The molecule has 0 amide bonds. The van der Waals surface area contributed by atoms with E-state index in [0.717, 1.165) is 11.1 Å². The van der Waals surface area contributed by atoms with E-state index in [2.05, 4.69) is 66.7 Å². The molecule has 0 aliphatic heterocycles. The van der Waals surface area contributed by atoms with Gasteiger partial charge in [-0.3, -0.25) is 10.1 Å². The first-order valence-electron chi connectivity index (χ1n) is 9.44. The lowest BCUT2D eigenvalue weighted by molar-refractivity contribution is -0.385. The molecule has 4 aromatic rings. The molecule has 0 N–H and O–H groups in total. The molecule has 0 unspecified atom stereocenters. The number of nitro benzene ring substituents is 1. The zero-order valence-electron chi connectivity index (χ0n) is 15.8. The summed E-state index contributed by atoms with van der Waals surface area (Å²) in [6, 6.07) is 36.5. The van der Waals surface area contributed by atoms with Crippen molar-refractivity contribution < 1.29 is 4.92 Å². The average molecular weight is 397 g/mol. The van der Waals surface area contributed by atoms with Gasteiger partial charge in [-0.1, -0.05) is 103 Å². The van der Waals surface area contributed by atoms with Crippen molar-refractivity contribution in [2.75, 3.05) is 0 Å². The number of hydrogen-bond donors (Lipinski definition) is 0. The summed E-state index contributed by atoms with van der Waals surface area (Å²) < 4.78 is 0. The molecule has 29 heavy (non-hydrogen) atoms. The fourth-order valence-electron chi connectivity index (χ4n) is 3.47. The van der Waals surface area contributed by atoms with Crippen molar-refractivity contribution in [2.45, 2.75) is 6.42 Å². The molecule has 0 bridgehead atoms. The lowest BCUT2D eigenvalue weighted by Crippen LogP contribution is -2.20. The van der Waals surface area contributed by atoms with Gasteiger partial charge in [0, 0.05) is 18.1 Å². The highest BCUT2D eigenvalue weighted by Crippen LogP contribution is 2.33. The number of benzene rings is 4. The molecule has 0 saturated carbocycles. The molecule has 0 heterocycles. The molecule has 0 aliphatic rings. The molecule has 4 aromatic carbocycles. The van der Waals surface area contributed by atoms with Crippen molar-refractivity contribution in [1.82, 2.24) is 0 Å². The number of nitro groups is 1. The molecular weight excluding hydrogens is 377 g/mol. The largest absolute Gasteiger partial charge is 0.272 e. The zero-order valence-corrected chi connectivity index (χ0v) is 16.7. The van der Waals surface area contributed by atoms with E-state index >= 15 is 0 Å². The number of rotatable bonds is 6. The van der Waals surface area contributed by atoms with Crippen LogP contribution >= 0.6 is 7.92 Å². The van der Waals surface area contributed by atoms with Crippen LogP contribution in [0.2, 0.25) is 0 Å². The van der Waals surface area contributed by atoms with Crippen molar-refractivity contribution in [3.05, 3.63) is 130 Å². The Morgan fingerprint density at radius 2 is 1.21 bits per heavy atom. The minimum Gasteiger partial charge on any atom is -0.258 e. The van der Waals surface area contributed by atoms with E-state index in [1.807, 2.05) is 30.3 Å². The Labute approximate surface area is 171 Å². The number of para-hydroxylation sites is 1. The summed E-state index contributed by atoms with van der Waals surface area (Å²) in [6.07, 6.45) is 0.539. The van der Waals surface area contributed by atoms with Gasteiger partial charge in [0.15, 0.2) is 0 Å². The molecule has 3 nitrogen and oxygen atoms in total. The molecular formula is C25H20NO2P. The van der Waals surface area contributed by atoms with Crippen LogP contribution in [-0.4, -0.2) is 4.92 Å². The van der Waals surface area contributed by atoms with E-state index in [4.69, 9.17) is 0 Å². The van der Waals surface area contributed by atoms with E-state index in [9.17, 15) is 10.1 Å². The van der Waals surface area contributed by atoms with E-state index in [1.165, 1.54) is 15.9 Å². The molecule has 0 atom stereocenters. The van der Waals surface area contributed by atoms with Crippen molar-refractivity contribution in [2.24, 2.45) is 0 Å². The van der Waals surface area contributed by atoms with Gasteiger partial charge in [-0.2, -0.15) is 0 Å². The third-order valence-corrected chi connectivity index (χ3v) is 7.20. The van der Waals surface area contributed by atoms with Gasteiger partial charge in [-0.25, -0.2) is 0 Å². The second kappa shape index (κ2) is 8.81. The smallest absolute Gasteiger partial charge is 0.258 e. The lowest BCUT2D eigenvalue weighted by atomic mass is 10.0. The summed E-state index contributed by atoms with van der Waals surface area (Å²) in [7, 11) is -0.691. The molecule has 0 spiro atoms. The highest BCUT2D eigenvalue weighted by atomic mass is 31.1. The summed E-state index contributed by atoms with van der Waals surface area (Å²) in [5.74, 6) is 0. The highest BCUT2D eigenvalue weighted by Gasteiger charge is 2.17. The van der Waals surface area contributed by atoms with Gasteiger partial charge >= 0.3 is 0 Å². The van der Waals surface area contributed by atoms with Crippen LogP contribution in [0.5, 0.6) is 0 Å². The van der Waals surface area contributed by atoms with Crippen molar-refractivity contribution in [1.29, 1.82) is 0 Å². The molecule has 4 heteroatoms. The van der Waals surface area contributed by atoms with Crippen LogP contribution in [-0.2, 0) is 6.42 Å². The SMILES string of the molecule is O=[N+]([O-])c1ccccc1Cc1cccc(P(c2ccccc2)c2ccccc2)c1. The summed E-state index contributed by atoms with van der Waals surface area (Å²) in [5.41, 5.74) is 1.99. The summed E-state index contributed by atoms with van der Waals surface area (Å²) in [6.45, 7) is 0. The predicted octanol–water partition coefficient (Wildman–Crippen LogP) is 4.94. The third-order valence-electron chi connectivity index (χ3n) is 4.78. The first-order valence-corrected chi connectivity index (χ1v) is 10.8. The Bertz CT molecular complexity index is 1070. The topological polar surface area (TPSA) is 43.1 Å². The van der Waals surface area contributed by atoms with Gasteiger partial charge in [0.05, 0.1) is 4.92 Å². The van der Waals surface area contributed by atoms with Crippen LogP contribution in [0.15, 0.2) is 109 Å². The Morgan fingerprint density at radius 3 is 1.83 bits per heavy atom. The second-order valence-corrected chi connectivity index (χ2v) is 8.96. The Kier molecular flexibility index (Phi) is 5.79. The number of hydrogen-bond acceptors (Lipinski definition) is 2. The quantitative estimate of drug-likeness (QED) is 0.263. The van der Waals surface area contributed by atoms with Crippen LogP contribution in [0, 0.1) is 10.1 Å². The van der Waals surface area contributed by atoms with Gasteiger partial charge in [-0.05, 0) is 29.4 Å². The van der Waals surface area contributed by atoms with Gasteiger partial charge in [0.2, 0.25) is 0 Å². The van der Waals surface area contributed by atoms with Gasteiger partial charge in [0.25, 0.3) is 5.69 Å². The maximum absolute atomic E-state index is 11.4. The van der Waals surface area contributed by atoms with Crippen LogP contribution in [0.25, 0.3) is 0 Å². The molecule has 0 saturated heterocycles. The third kappa shape index (κ3) is 4.42. The minimum absolute atomic E-state index is 0.172. The Morgan fingerprint density at radius 1 is 0.655 bits per heavy atom. The van der Waals surface area contributed by atoms with Crippen molar-refractivity contribution in [3.63, 3.8) is 0 Å². The van der Waals surface area contributed by atoms with E-state index in [1.54, 1.807) is 12.1 Å². The fourth-order valence-corrected chi connectivity index (χ4v) is 5.83. The molecule has 4 rings (SSSR count). The molecule has 0 aliphatic carbocycles. The normalized spacial score (nSPS) is 10.8. The standard InChI is InChI=1S/C25H20NO2P/c27-26(28)25-17-8-7-11-21(25)18-20-10-9-16-24(19-20)29(22-12-3-1-4-13-22)23-14-5-2-6-15-23/h1-17,19H,18H2. The fraction of sp³-hybridized carbons (Fsp3) is 0.0400. The number of nitrogens with zero attached hydrogens (tertiary/aromatic N) is 1. The van der Waals surface area contributed by atoms with E-state index < -0.39 is 7.92 Å². The maximum Gasteiger partial charge on any atom is 0.272 e. The van der Waals surface area contributed by atoms with Crippen LogP contribution < -0.4 is 15.9 Å². The van der Waals surface area contributed by atoms with E-state index in [0.29, 0.717) is 6.42 Å². The maximum atomic E-state index is 11.4. The van der Waals surface area contributed by atoms with Crippen LogP contribution in [0.1, 0.15) is 11.1 Å². The monoisotopic (exact) mass is 397 g/mol. The molecule has 0 aromatic heterocycles. The average Bonchev–Trinajstić information content (AvgIpc) is 2.76. The van der Waals surface area contributed by atoms with Crippen LogP contribution in [0.4, 0.5) is 5.69 Å². The predicted molar refractivity (Wildman–Crippen MR) is 121 cm³/mol. The van der Waals surface area contributed by atoms with Crippen molar-refractivity contribution >= 4 is 29.5 Å². The first-order chi connectivity index (χ1) is 14.2. The highest BCUT2D eigenvalue weighted by molar-refractivity contribution is 7.79. The van der Waals surface area contributed by atoms with Gasteiger partial charge in [0.1, 0.15) is 0 Å². The zero-order chi connectivity index (χ0) is 20.1. The van der Waals surface area contributed by atoms with E-state index in [-0.39, 0.29) is 10.6 Å². The molecule has 0 fully saturated rings. The van der Waals surface area contributed by atoms with Gasteiger partial charge < -0.3 is 0 Å². The minimum atomic E-state index is -0.691. The summed E-state index contributed by atoms with van der Waals surface area (Å²) in [5, 5.41) is 15.2. The van der Waals surface area contributed by atoms with Crippen molar-refractivity contribution in [3.8, 4) is 0 Å². The first kappa shape index (κ1) is 19.0. The summed E-state index contributed by atoms with van der Waals surface area (Å²) in [4.78, 5) is 11.1. The Hall–Kier alpha value is -3.29. The Balaban J connectivity index is 1.74. The van der Waals surface area contributed by atoms with Gasteiger partial charge in [-0.15, -0.1) is 0 Å². The summed E-state index contributed by atoms with van der Waals surface area (Å²) >= 11 is 0. The van der Waals surface area contributed by atoms with Crippen LogP contribution in [0.3, 0.4) is 0 Å². The molecule has 142 valence electrons. The molecule has 0 radical (unpaired) electrons. The lowest BCUT2D eigenvalue weighted by Gasteiger charge is -2.20. The second-order valence-electron chi connectivity index (χ2n) is 6.74.